The van der Waals surface area contributed by atoms with E-state index < -0.39 is 0 Å². The molecule has 0 radical (unpaired) electrons. The van der Waals surface area contributed by atoms with Crippen LogP contribution < -0.4 is 5.73 Å². The Morgan fingerprint density at radius 2 is 2.11 bits per heavy atom. The van der Waals surface area contributed by atoms with E-state index in [4.69, 9.17) is 17.3 Å². The van der Waals surface area contributed by atoms with Crippen LogP contribution in [0.25, 0.3) is 0 Å². The molecule has 1 aromatic carbocycles. The van der Waals surface area contributed by atoms with E-state index in [2.05, 4.69) is 16.0 Å². The first-order valence-electron chi connectivity index (χ1n) is 6.26. The molecule has 100 valence electrons. The highest BCUT2D eigenvalue weighted by molar-refractivity contribution is 6.30. The first kappa shape index (κ1) is 14.0. The van der Waals surface area contributed by atoms with Gasteiger partial charge in [-0.3, -0.25) is 9.88 Å². The summed E-state index contributed by atoms with van der Waals surface area (Å²) in [6.07, 6.45) is 1.81. The third kappa shape index (κ3) is 3.77. The Balaban J connectivity index is 2.13. The summed E-state index contributed by atoms with van der Waals surface area (Å²) in [6, 6.07) is 13.9. The number of likely N-dealkylation sites (N-methyl/N-ethyl adjacent to an activating group) is 1. The van der Waals surface area contributed by atoms with E-state index in [-0.39, 0.29) is 6.04 Å². The molecule has 0 spiro atoms. The SMILES string of the molecule is CN(Cc1ccccn1)C(CN)c1cccc(Cl)c1. The van der Waals surface area contributed by atoms with Crippen molar-refractivity contribution in [3.63, 3.8) is 0 Å². The first-order chi connectivity index (χ1) is 9.20. The zero-order chi connectivity index (χ0) is 13.7. The van der Waals surface area contributed by atoms with E-state index in [1.54, 1.807) is 6.20 Å². The highest BCUT2D eigenvalue weighted by Gasteiger charge is 2.16. The molecule has 0 aliphatic carbocycles. The third-order valence-corrected chi connectivity index (χ3v) is 3.36. The van der Waals surface area contributed by atoms with Crippen LogP contribution in [0.4, 0.5) is 0 Å². The fourth-order valence-electron chi connectivity index (χ4n) is 2.14. The minimum absolute atomic E-state index is 0.140. The summed E-state index contributed by atoms with van der Waals surface area (Å²) in [4.78, 5) is 6.53. The number of aromatic nitrogens is 1. The van der Waals surface area contributed by atoms with Gasteiger partial charge in [-0.2, -0.15) is 0 Å². The lowest BCUT2D eigenvalue weighted by molar-refractivity contribution is 0.239. The molecule has 2 N–H and O–H groups in total. The molecule has 1 aromatic heterocycles. The number of pyridine rings is 1. The monoisotopic (exact) mass is 275 g/mol. The first-order valence-corrected chi connectivity index (χ1v) is 6.64. The smallest absolute Gasteiger partial charge is 0.0544 e. The summed E-state index contributed by atoms with van der Waals surface area (Å²) in [5, 5.41) is 0.738. The Hall–Kier alpha value is -1.42. The van der Waals surface area contributed by atoms with Crippen LogP contribution in [0.1, 0.15) is 17.3 Å². The van der Waals surface area contributed by atoms with E-state index >= 15 is 0 Å². The maximum absolute atomic E-state index is 6.04. The lowest BCUT2D eigenvalue weighted by Gasteiger charge is -2.27. The standard InChI is InChI=1S/C15H18ClN3/c1-19(11-14-7-2-3-8-18-14)15(10-17)12-5-4-6-13(16)9-12/h2-9,15H,10-11,17H2,1H3. The zero-order valence-electron chi connectivity index (χ0n) is 11.0. The van der Waals surface area contributed by atoms with Crippen molar-refractivity contribution < 1.29 is 0 Å². The molecule has 2 aromatic rings. The average Bonchev–Trinajstić information content (AvgIpc) is 2.41. The number of hydrogen-bond acceptors (Lipinski definition) is 3. The van der Waals surface area contributed by atoms with Crippen LogP contribution in [-0.4, -0.2) is 23.5 Å². The predicted octanol–water partition coefficient (Wildman–Crippen LogP) is 2.87. The molecule has 0 saturated heterocycles. The van der Waals surface area contributed by atoms with Gasteiger partial charge in [-0.15, -0.1) is 0 Å². The maximum atomic E-state index is 6.04. The Labute approximate surface area is 119 Å². The summed E-state index contributed by atoms with van der Waals surface area (Å²) in [5.41, 5.74) is 8.07. The number of halogens is 1. The second-order valence-corrected chi connectivity index (χ2v) is 4.98. The van der Waals surface area contributed by atoms with E-state index in [0.29, 0.717) is 6.54 Å². The van der Waals surface area contributed by atoms with Crippen LogP contribution in [0.5, 0.6) is 0 Å². The second-order valence-electron chi connectivity index (χ2n) is 4.54. The quantitative estimate of drug-likeness (QED) is 0.912. The van der Waals surface area contributed by atoms with Gasteiger partial charge in [0.2, 0.25) is 0 Å². The maximum Gasteiger partial charge on any atom is 0.0544 e. The number of nitrogens with zero attached hydrogens (tertiary/aromatic N) is 2. The van der Waals surface area contributed by atoms with Crippen molar-refractivity contribution in [2.24, 2.45) is 5.73 Å². The summed E-state index contributed by atoms with van der Waals surface area (Å²) in [6.45, 7) is 1.30. The van der Waals surface area contributed by atoms with Gasteiger partial charge in [0.1, 0.15) is 0 Å². The zero-order valence-corrected chi connectivity index (χ0v) is 11.7. The molecule has 0 amide bonds. The summed E-state index contributed by atoms with van der Waals surface area (Å²) < 4.78 is 0. The molecule has 1 unspecified atom stereocenters. The molecule has 0 aliphatic heterocycles. The van der Waals surface area contributed by atoms with Crippen LogP contribution in [-0.2, 0) is 6.54 Å². The summed E-state index contributed by atoms with van der Waals surface area (Å²) in [5.74, 6) is 0. The van der Waals surface area contributed by atoms with Crippen LogP contribution >= 0.6 is 11.6 Å². The number of benzene rings is 1. The Morgan fingerprint density at radius 3 is 2.74 bits per heavy atom. The molecule has 0 fully saturated rings. The summed E-state index contributed by atoms with van der Waals surface area (Å²) >= 11 is 6.04. The average molecular weight is 276 g/mol. The van der Waals surface area contributed by atoms with E-state index in [0.717, 1.165) is 22.8 Å². The van der Waals surface area contributed by atoms with Crippen molar-refractivity contribution in [2.75, 3.05) is 13.6 Å². The highest BCUT2D eigenvalue weighted by Crippen LogP contribution is 2.22. The summed E-state index contributed by atoms with van der Waals surface area (Å²) in [7, 11) is 2.05. The number of nitrogens with two attached hydrogens (primary N) is 1. The molecular formula is C15H18ClN3. The predicted molar refractivity (Wildman–Crippen MR) is 79.0 cm³/mol. The molecule has 0 saturated carbocycles. The van der Waals surface area contributed by atoms with Crippen molar-refractivity contribution >= 4 is 11.6 Å². The minimum Gasteiger partial charge on any atom is -0.329 e. The van der Waals surface area contributed by atoms with Gasteiger partial charge in [0, 0.05) is 30.4 Å². The second kappa shape index (κ2) is 6.66. The van der Waals surface area contributed by atoms with Gasteiger partial charge in [0.25, 0.3) is 0 Å². The fourth-order valence-corrected chi connectivity index (χ4v) is 2.34. The van der Waals surface area contributed by atoms with E-state index in [9.17, 15) is 0 Å². The molecule has 0 bridgehead atoms. The molecule has 1 atom stereocenters. The fraction of sp³-hybridized carbons (Fsp3) is 0.267. The van der Waals surface area contributed by atoms with Crippen molar-refractivity contribution in [1.29, 1.82) is 0 Å². The van der Waals surface area contributed by atoms with Gasteiger partial charge in [0.15, 0.2) is 0 Å². The normalized spacial score (nSPS) is 12.6. The van der Waals surface area contributed by atoms with E-state index in [1.165, 1.54) is 0 Å². The van der Waals surface area contributed by atoms with Crippen molar-refractivity contribution in [3.05, 3.63) is 64.9 Å². The molecular weight excluding hydrogens is 258 g/mol. The van der Waals surface area contributed by atoms with Crippen molar-refractivity contribution in [1.82, 2.24) is 9.88 Å². The van der Waals surface area contributed by atoms with E-state index in [1.807, 2.05) is 43.4 Å². The molecule has 19 heavy (non-hydrogen) atoms. The van der Waals surface area contributed by atoms with Gasteiger partial charge < -0.3 is 5.73 Å². The number of hydrogen-bond donors (Lipinski definition) is 1. The molecule has 0 aliphatic rings. The molecule has 2 rings (SSSR count). The minimum atomic E-state index is 0.140. The molecule has 4 heteroatoms. The van der Waals surface area contributed by atoms with Gasteiger partial charge in [-0.05, 0) is 36.9 Å². The van der Waals surface area contributed by atoms with Crippen molar-refractivity contribution in [3.8, 4) is 0 Å². The van der Waals surface area contributed by atoms with Gasteiger partial charge in [-0.1, -0.05) is 29.8 Å². The van der Waals surface area contributed by atoms with Crippen LogP contribution in [0, 0.1) is 0 Å². The largest absolute Gasteiger partial charge is 0.329 e. The van der Waals surface area contributed by atoms with Gasteiger partial charge >= 0.3 is 0 Å². The topological polar surface area (TPSA) is 42.2 Å². The Morgan fingerprint density at radius 1 is 1.26 bits per heavy atom. The van der Waals surface area contributed by atoms with Crippen LogP contribution in [0.3, 0.4) is 0 Å². The van der Waals surface area contributed by atoms with Gasteiger partial charge in [0.05, 0.1) is 5.69 Å². The molecule has 1 heterocycles. The Bertz CT molecular complexity index is 516. The number of rotatable bonds is 5. The van der Waals surface area contributed by atoms with Gasteiger partial charge in [-0.25, -0.2) is 0 Å². The third-order valence-electron chi connectivity index (χ3n) is 3.13. The highest BCUT2D eigenvalue weighted by atomic mass is 35.5. The lowest BCUT2D eigenvalue weighted by atomic mass is 10.1. The molecule has 3 nitrogen and oxygen atoms in total. The van der Waals surface area contributed by atoms with Crippen LogP contribution in [0.15, 0.2) is 48.7 Å². The van der Waals surface area contributed by atoms with Crippen molar-refractivity contribution in [2.45, 2.75) is 12.6 Å². The van der Waals surface area contributed by atoms with Crippen LogP contribution in [0.2, 0.25) is 5.02 Å². The lowest BCUT2D eigenvalue weighted by Crippen LogP contribution is -2.30. The Kier molecular flexibility index (Phi) is 4.91.